The Morgan fingerprint density at radius 1 is 1.12 bits per heavy atom. The molecular weight excluding hydrogens is 433 g/mol. The first-order valence-corrected chi connectivity index (χ1v) is 11.2. The number of ether oxygens (including phenoxy) is 1. The van der Waals surface area contributed by atoms with Gasteiger partial charge in [-0.3, -0.25) is 4.79 Å². The van der Waals surface area contributed by atoms with Gasteiger partial charge in [0, 0.05) is 35.4 Å². The van der Waals surface area contributed by atoms with E-state index in [0.29, 0.717) is 16.5 Å². The van der Waals surface area contributed by atoms with E-state index in [-0.39, 0.29) is 22.8 Å². The topological polar surface area (TPSA) is 91.2 Å². The molecule has 9 heteroatoms. The van der Waals surface area contributed by atoms with E-state index in [4.69, 9.17) is 4.74 Å². The molecule has 0 atom stereocenters. The highest BCUT2D eigenvalue weighted by atomic mass is 32.2. The van der Waals surface area contributed by atoms with Crippen LogP contribution in [0, 0.1) is 12.7 Å². The van der Waals surface area contributed by atoms with Crippen LogP contribution in [0.25, 0.3) is 10.9 Å². The monoisotopic (exact) mass is 453 g/mol. The second kappa shape index (κ2) is 8.51. The van der Waals surface area contributed by atoms with Crippen LogP contribution in [0.2, 0.25) is 0 Å². The Labute approximate surface area is 184 Å². The Morgan fingerprint density at radius 2 is 1.84 bits per heavy atom. The van der Waals surface area contributed by atoms with Crippen LogP contribution >= 0.6 is 0 Å². The van der Waals surface area contributed by atoms with Gasteiger partial charge in [-0.1, -0.05) is 18.2 Å². The highest BCUT2D eigenvalue weighted by Crippen LogP contribution is 2.32. The Hall–Kier alpha value is -3.59. The van der Waals surface area contributed by atoms with Gasteiger partial charge in [0.05, 0.1) is 12.0 Å². The molecule has 32 heavy (non-hydrogen) atoms. The molecule has 0 amide bonds. The molecule has 0 N–H and O–H groups in total. The maximum atomic E-state index is 14.1. The van der Waals surface area contributed by atoms with E-state index in [1.165, 1.54) is 44.0 Å². The summed E-state index contributed by atoms with van der Waals surface area (Å²) in [5, 5.41) is 0.613. The van der Waals surface area contributed by atoms with Gasteiger partial charge in [0.25, 0.3) is 0 Å². The van der Waals surface area contributed by atoms with Crippen molar-refractivity contribution in [3.05, 3.63) is 83.8 Å². The summed E-state index contributed by atoms with van der Waals surface area (Å²) < 4.78 is 47.1. The molecule has 0 aliphatic rings. The summed E-state index contributed by atoms with van der Waals surface area (Å²) in [7, 11) is -2.56. The molecule has 0 aliphatic carbocycles. The predicted octanol–water partition coefficient (Wildman–Crippen LogP) is 3.48. The number of aromatic nitrogens is 3. The number of fused-ring (bicyclic) bond motifs is 1. The van der Waals surface area contributed by atoms with Crippen molar-refractivity contribution in [3.63, 3.8) is 0 Å². The number of methoxy groups -OCH3 is 1. The number of rotatable bonds is 6. The smallest absolute Gasteiger partial charge is 0.325 e. The van der Waals surface area contributed by atoms with E-state index in [1.807, 2.05) is 6.92 Å². The lowest BCUT2D eigenvalue weighted by Crippen LogP contribution is -2.13. The molecule has 2 aromatic heterocycles. The van der Waals surface area contributed by atoms with E-state index in [0.717, 1.165) is 11.3 Å². The Morgan fingerprint density at radius 3 is 2.56 bits per heavy atom. The molecule has 0 fully saturated rings. The minimum absolute atomic E-state index is 0.0108. The lowest BCUT2D eigenvalue weighted by atomic mass is 10.0. The molecule has 4 aromatic rings. The first-order valence-electron chi connectivity index (χ1n) is 9.75. The molecule has 0 aliphatic heterocycles. The fourth-order valence-electron chi connectivity index (χ4n) is 3.80. The zero-order valence-corrected chi connectivity index (χ0v) is 18.3. The third kappa shape index (κ3) is 3.87. The number of nitrogens with zero attached hydrogens (tertiary/aromatic N) is 3. The minimum Gasteiger partial charge on any atom is -0.468 e. The molecule has 0 radical (unpaired) electrons. The van der Waals surface area contributed by atoms with Crippen molar-refractivity contribution in [2.75, 3.05) is 7.11 Å². The van der Waals surface area contributed by atoms with E-state index in [2.05, 4.69) is 9.97 Å². The molecule has 164 valence electrons. The number of benzene rings is 2. The van der Waals surface area contributed by atoms with Crippen molar-refractivity contribution in [1.82, 2.24) is 14.5 Å². The average molecular weight is 453 g/mol. The summed E-state index contributed by atoms with van der Waals surface area (Å²) in [5.74, 6) is -0.857. The summed E-state index contributed by atoms with van der Waals surface area (Å²) in [6.45, 7) is 1.78. The van der Waals surface area contributed by atoms with Crippen LogP contribution in [0.1, 0.15) is 16.8 Å². The van der Waals surface area contributed by atoms with Gasteiger partial charge in [-0.15, -0.1) is 0 Å². The first-order chi connectivity index (χ1) is 15.3. The molecule has 0 saturated carbocycles. The third-order valence-corrected chi connectivity index (χ3v) is 7.22. The quantitative estimate of drug-likeness (QED) is 0.415. The average Bonchev–Trinajstić information content (AvgIpc) is 3.05. The second-order valence-corrected chi connectivity index (χ2v) is 9.17. The van der Waals surface area contributed by atoms with Crippen molar-refractivity contribution < 1.29 is 22.3 Å². The number of hydrogen-bond donors (Lipinski definition) is 0. The molecule has 7 nitrogen and oxygen atoms in total. The molecule has 4 rings (SSSR count). The predicted molar refractivity (Wildman–Crippen MR) is 115 cm³/mol. The van der Waals surface area contributed by atoms with Gasteiger partial charge in [-0.05, 0) is 42.3 Å². The number of esters is 1. The molecule has 0 unspecified atom stereocenters. The molecule has 0 spiro atoms. The van der Waals surface area contributed by atoms with Crippen LogP contribution in [0.15, 0.2) is 71.0 Å². The first kappa shape index (κ1) is 21.6. The SMILES string of the molecule is COC(=O)Cn1c(C)c(Cc2ccccc2S(=O)(=O)c2cncnc2)c2cc(F)ccc21. The van der Waals surface area contributed by atoms with Crippen molar-refractivity contribution >= 4 is 26.7 Å². The molecule has 2 heterocycles. The zero-order chi connectivity index (χ0) is 22.9. The van der Waals surface area contributed by atoms with Gasteiger partial charge >= 0.3 is 5.97 Å². The Balaban J connectivity index is 1.86. The van der Waals surface area contributed by atoms with Crippen molar-refractivity contribution in [3.8, 4) is 0 Å². The Bertz CT molecular complexity index is 1420. The number of carbonyl (C=O) groups is 1. The van der Waals surface area contributed by atoms with Crippen LogP contribution in [0.5, 0.6) is 0 Å². The van der Waals surface area contributed by atoms with Crippen LogP contribution in [0.4, 0.5) is 4.39 Å². The van der Waals surface area contributed by atoms with E-state index >= 15 is 0 Å². The van der Waals surface area contributed by atoms with Crippen LogP contribution < -0.4 is 0 Å². The zero-order valence-electron chi connectivity index (χ0n) is 17.4. The second-order valence-electron chi connectivity index (χ2n) is 7.25. The van der Waals surface area contributed by atoms with Crippen LogP contribution in [0.3, 0.4) is 0 Å². The van der Waals surface area contributed by atoms with Gasteiger partial charge in [0.15, 0.2) is 0 Å². The minimum atomic E-state index is -3.86. The highest BCUT2D eigenvalue weighted by molar-refractivity contribution is 7.91. The van der Waals surface area contributed by atoms with E-state index < -0.39 is 21.6 Å². The highest BCUT2D eigenvalue weighted by Gasteiger charge is 2.24. The summed E-state index contributed by atoms with van der Waals surface area (Å²) in [6, 6.07) is 11.0. The molecule has 2 aromatic carbocycles. The van der Waals surface area contributed by atoms with Crippen LogP contribution in [-0.2, 0) is 32.3 Å². The number of halogens is 1. The van der Waals surface area contributed by atoms with Crippen molar-refractivity contribution in [2.24, 2.45) is 0 Å². The lowest BCUT2D eigenvalue weighted by molar-refractivity contribution is -0.141. The van der Waals surface area contributed by atoms with E-state index in [1.54, 1.807) is 28.8 Å². The number of hydrogen-bond acceptors (Lipinski definition) is 6. The fourth-order valence-corrected chi connectivity index (χ4v) is 5.19. The standard InChI is InChI=1S/C23H20FN3O4S/c1-15-19(20-10-17(24)7-8-21(20)27(15)13-23(28)31-2)9-16-5-3-4-6-22(16)32(29,30)18-11-25-14-26-12-18/h3-8,10-12,14H,9,13H2,1-2H3. The summed E-state index contributed by atoms with van der Waals surface area (Å²) in [6.07, 6.45) is 3.99. The van der Waals surface area contributed by atoms with Crippen molar-refractivity contribution in [1.29, 1.82) is 0 Å². The summed E-state index contributed by atoms with van der Waals surface area (Å²) in [4.78, 5) is 19.7. The van der Waals surface area contributed by atoms with Crippen molar-refractivity contribution in [2.45, 2.75) is 29.7 Å². The Kier molecular flexibility index (Phi) is 5.75. The molecule has 0 saturated heterocycles. The normalized spacial score (nSPS) is 11.6. The maximum Gasteiger partial charge on any atom is 0.325 e. The van der Waals surface area contributed by atoms with Gasteiger partial charge in [0.1, 0.15) is 23.6 Å². The fraction of sp³-hybridized carbons (Fsp3) is 0.174. The lowest BCUT2D eigenvalue weighted by Gasteiger charge is -2.11. The van der Waals surface area contributed by atoms with E-state index in [9.17, 15) is 17.6 Å². The maximum absolute atomic E-state index is 14.1. The largest absolute Gasteiger partial charge is 0.468 e. The number of carbonyl (C=O) groups excluding carboxylic acids is 1. The molecule has 0 bridgehead atoms. The van der Waals surface area contributed by atoms with Gasteiger partial charge < -0.3 is 9.30 Å². The summed E-state index contributed by atoms with van der Waals surface area (Å²) >= 11 is 0. The van der Waals surface area contributed by atoms with Gasteiger partial charge in [-0.2, -0.15) is 0 Å². The third-order valence-electron chi connectivity index (χ3n) is 5.41. The van der Waals surface area contributed by atoms with Gasteiger partial charge in [-0.25, -0.2) is 22.8 Å². The molecular formula is C23H20FN3O4S. The van der Waals surface area contributed by atoms with Crippen LogP contribution in [-0.4, -0.2) is 36.0 Å². The summed E-state index contributed by atoms with van der Waals surface area (Å²) in [5.41, 5.74) is 2.67. The number of sulfone groups is 1. The van der Waals surface area contributed by atoms with Gasteiger partial charge in [0.2, 0.25) is 9.84 Å².